The normalized spacial score (nSPS) is 17.0. The van der Waals surface area contributed by atoms with Crippen molar-refractivity contribution in [2.24, 2.45) is 7.05 Å². The van der Waals surface area contributed by atoms with Crippen LogP contribution in [-0.2, 0) is 38.7 Å². The standard InChI is InChI=1S/C30H35F9N7/c1-4-26(46(3,18-40)24-8-6-5-7-9-24)25-11-10-21(28(31,32)33)14-20(25)17-45(27-41-43-44(2)42-27)16-19-12-22(29(34,35)36)15-23(13-19)30(37,38)39/h10-15,18,24,26,40H,4-9,16-17H2,1-3H3/q+1. The summed E-state index contributed by atoms with van der Waals surface area (Å²) < 4.78 is 124. The first kappa shape index (κ1) is 35.2. The fraction of sp³-hybridized carbons (Fsp3) is 0.533. The fourth-order valence-corrected chi connectivity index (χ4v) is 6.38. The van der Waals surface area contributed by atoms with Crippen LogP contribution in [0.15, 0.2) is 36.4 Å². The van der Waals surface area contributed by atoms with Crippen LogP contribution in [0.2, 0.25) is 0 Å². The molecule has 2 unspecified atom stereocenters. The first-order valence-corrected chi connectivity index (χ1v) is 14.7. The number of benzene rings is 2. The highest BCUT2D eigenvalue weighted by atomic mass is 19.4. The Hall–Kier alpha value is -3.69. The molecule has 46 heavy (non-hydrogen) atoms. The lowest BCUT2D eigenvalue weighted by Gasteiger charge is -2.45. The summed E-state index contributed by atoms with van der Waals surface area (Å²) >= 11 is 0. The van der Waals surface area contributed by atoms with Gasteiger partial charge >= 0.3 is 18.5 Å². The van der Waals surface area contributed by atoms with Gasteiger partial charge in [0.25, 0.3) is 5.95 Å². The predicted molar refractivity (Wildman–Crippen MR) is 151 cm³/mol. The molecule has 1 saturated carbocycles. The molecule has 16 heteroatoms. The van der Waals surface area contributed by atoms with Crippen molar-refractivity contribution in [3.05, 3.63) is 69.8 Å². The van der Waals surface area contributed by atoms with Gasteiger partial charge in [-0.05, 0) is 72.4 Å². The molecule has 0 bridgehead atoms. The number of quaternary nitrogens is 1. The van der Waals surface area contributed by atoms with E-state index in [0.29, 0.717) is 24.1 Å². The van der Waals surface area contributed by atoms with E-state index in [0.717, 1.165) is 49.0 Å². The smallest absolute Gasteiger partial charge is 0.330 e. The Morgan fingerprint density at radius 3 is 1.96 bits per heavy atom. The minimum absolute atomic E-state index is 0.00648. The van der Waals surface area contributed by atoms with Gasteiger partial charge in [0.1, 0.15) is 6.04 Å². The van der Waals surface area contributed by atoms with Crippen LogP contribution in [0.25, 0.3) is 0 Å². The monoisotopic (exact) mass is 664 g/mol. The number of rotatable bonds is 10. The Morgan fingerprint density at radius 1 is 0.891 bits per heavy atom. The van der Waals surface area contributed by atoms with Crippen molar-refractivity contribution in [1.82, 2.24) is 20.2 Å². The molecule has 0 aliphatic heterocycles. The molecule has 0 amide bonds. The number of hydrogen-bond donors (Lipinski definition) is 1. The number of hydrogen-bond acceptors (Lipinski definition) is 5. The van der Waals surface area contributed by atoms with Crippen LogP contribution in [0, 0.1) is 5.41 Å². The topological polar surface area (TPSA) is 70.7 Å². The molecule has 1 N–H and O–H groups in total. The SMILES string of the molecule is CCC(c1ccc(C(F)(F)F)cc1CN(Cc1cc(C(F)(F)F)cc(C(F)(F)F)c1)c1nnn(C)n1)[N+](C)(C=N)C1CCCCC1. The maximum absolute atomic E-state index is 14.0. The Balaban J connectivity index is 1.86. The molecule has 3 aromatic rings. The molecular formula is C30H35F9N7+. The molecule has 1 aliphatic carbocycles. The number of alkyl halides is 9. The zero-order valence-corrected chi connectivity index (χ0v) is 25.4. The first-order valence-electron chi connectivity index (χ1n) is 14.7. The summed E-state index contributed by atoms with van der Waals surface area (Å²) in [6.07, 6.45) is -8.60. The molecule has 1 aromatic heterocycles. The Kier molecular flexibility index (Phi) is 10.1. The van der Waals surface area contributed by atoms with Crippen molar-refractivity contribution >= 4 is 12.3 Å². The second-order valence-electron chi connectivity index (χ2n) is 11.8. The van der Waals surface area contributed by atoms with Crippen LogP contribution in [0.1, 0.15) is 84.9 Å². The van der Waals surface area contributed by atoms with Gasteiger partial charge in [-0.2, -0.15) is 44.3 Å². The zero-order chi connectivity index (χ0) is 34.1. The molecule has 2 aromatic carbocycles. The van der Waals surface area contributed by atoms with Crippen molar-refractivity contribution in [1.29, 1.82) is 5.41 Å². The van der Waals surface area contributed by atoms with Gasteiger partial charge in [0.2, 0.25) is 0 Å². The van der Waals surface area contributed by atoms with E-state index in [1.54, 1.807) is 0 Å². The molecule has 1 aliphatic rings. The van der Waals surface area contributed by atoms with E-state index < -0.39 is 59.9 Å². The third-order valence-corrected chi connectivity index (χ3v) is 8.69. The summed E-state index contributed by atoms with van der Waals surface area (Å²) in [6.45, 7) is 0.852. The largest absolute Gasteiger partial charge is 0.416 e. The third kappa shape index (κ3) is 7.81. The summed E-state index contributed by atoms with van der Waals surface area (Å²) in [5.41, 5.74) is -3.84. The molecule has 7 nitrogen and oxygen atoms in total. The van der Waals surface area contributed by atoms with Crippen LogP contribution in [-0.4, -0.2) is 44.1 Å². The van der Waals surface area contributed by atoms with E-state index in [2.05, 4.69) is 15.4 Å². The Labute approximate surface area is 260 Å². The van der Waals surface area contributed by atoms with E-state index in [9.17, 15) is 39.5 Å². The lowest BCUT2D eigenvalue weighted by Crippen LogP contribution is -2.54. The van der Waals surface area contributed by atoms with Gasteiger partial charge in [0, 0.05) is 25.1 Å². The number of tetrazole rings is 1. The average Bonchev–Trinajstić information content (AvgIpc) is 3.42. The highest BCUT2D eigenvalue weighted by molar-refractivity contribution is 5.45. The second-order valence-corrected chi connectivity index (χ2v) is 11.8. The summed E-state index contributed by atoms with van der Waals surface area (Å²) in [4.78, 5) is 2.22. The van der Waals surface area contributed by atoms with Crippen molar-refractivity contribution in [3.63, 3.8) is 0 Å². The Morgan fingerprint density at radius 2 is 1.48 bits per heavy atom. The molecule has 0 radical (unpaired) electrons. The number of aromatic nitrogens is 4. The van der Waals surface area contributed by atoms with Crippen LogP contribution >= 0.6 is 0 Å². The highest BCUT2D eigenvalue weighted by Crippen LogP contribution is 2.41. The minimum Gasteiger partial charge on any atom is -0.330 e. The van der Waals surface area contributed by atoms with Crippen molar-refractivity contribution < 1.29 is 44.0 Å². The number of nitrogens with zero attached hydrogens (tertiary/aromatic N) is 6. The fourth-order valence-electron chi connectivity index (χ4n) is 6.38. The second kappa shape index (κ2) is 13.2. The average molecular weight is 665 g/mol. The van der Waals surface area contributed by atoms with Gasteiger partial charge < -0.3 is 4.90 Å². The molecule has 252 valence electrons. The lowest BCUT2D eigenvalue weighted by molar-refractivity contribution is -0.876. The van der Waals surface area contributed by atoms with Crippen LogP contribution in [0.5, 0.6) is 0 Å². The number of halogens is 9. The van der Waals surface area contributed by atoms with Gasteiger partial charge in [-0.25, -0.2) is 0 Å². The first-order chi connectivity index (χ1) is 21.4. The molecule has 0 saturated heterocycles. The van der Waals surface area contributed by atoms with E-state index >= 15 is 0 Å². The number of anilines is 1. The van der Waals surface area contributed by atoms with E-state index in [4.69, 9.17) is 5.41 Å². The third-order valence-electron chi connectivity index (χ3n) is 8.69. The van der Waals surface area contributed by atoms with Gasteiger partial charge in [0.05, 0.1) is 36.8 Å². The van der Waals surface area contributed by atoms with Gasteiger partial charge in [-0.1, -0.05) is 24.5 Å². The maximum Gasteiger partial charge on any atom is 0.416 e. The van der Waals surface area contributed by atoms with Crippen molar-refractivity contribution in [3.8, 4) is 0 Å². The number of nitrogens with one attached hydrogen (secondary N) is 1. The summed E-state index contributed by atoms with van der Waals surface area (Å²) in [7, 11) is 3.25. The summed E-state index contributed by atoms with van der Waals surface area (Å²) in [5, 5.41) is 20.1. The van der Waals surface area contributed by atoms with Gasteiger partial charge in [-0.3, -0.25) is 9.89 Å². The highest BCUT2D eigenvalue weighted by Gasteiger charge is 2.42. The van der Waals surface area contributed by atoms with Crippen molar-refractivity contribution in [2.45, 2.75) is 89.2 Å². The Bertz CT molecular complexity index is 1480. The van der Waals surface area contributed by atoms with E-state index in [1.165, 1.54) is 24.4 Å². The zero-order valence-electron chi connectivity index (χ0n) is 25.4. The molecule has 1 fully saturated rings. The van der Waals surface area contributed by atoms with Crippen LogP contribution in [0.3, 0.4) is 0 Å². The van der Waals surface area contributed by atoms with Gasteiger partial charge in [0.15, 0.2) is 6.34 Å². The number of aryl methyl sites for hydroxylation is 1. The summed E-state index contributed by atoms with van der Waals surface area (Å²) in [6, 6.07) is 3.93. The quantitative estimate of drug-likeness (QED) is 0.103. The van der Waals surface area contributed by atoms with E-state index in [1.807, 2.05) is 14.0 Å². The van der Waals surface area contributed by atoms with Crippen LogP contribution in [0.4, 0.5) is 45.5 Å². The van der Waals surface area contributed by atoms with Crippen molar-refractivity contribution in [2.75, 3.05) is 11.9 Å². The molecule has 0 spiro atoms. The molecule has 1 heterocycles. The minimum atomic E-state index is -5.09. The van der Waals surface area contributed by atoms with Gasteiger partial charge in [-0.15, -0.1) is 5.10 Å². The summed E-state index contributed by atoms with van der Waals surface area (Å²) in [5.74, 6) is -0.207. The molecular weight excluding hydrogens is 629 g/mol. The maximum atomic E-state index is 14.0. The van der Waals surface area contributed by atoms with E-state index in [-0.39, 0.29) is 28.1 Å². The lowest BCUT2D eigenvalue weighted by atomic mass is 9.87. The molecule has 4 rings (SSSR count). The molecule has 2 atom stereocenters. The van der Waals surface area contributed by atoms with Crippen LogP contribution < -0.4 is 4.90 Å². The predicted octanol–water partition coefficient (Wildman–Crippen LogP) is 8.31.